The zero-order valence-electron chi connectivity index (χ0n) is 15.6. The fourth-order valence-corrected chi connectivity index (χ4v) is 3.18. The smallest absolute Gasteiger partial charge is 0.144 e. The van der Waals surface area contributed by atoms with Crippen molar-refractivity contribution in [1.29, 1.82) is 0 Å². The van der Waals surface area contributed by atoms with Gasteiger partial charge in [0.05, 0.1) is 13.0 Å². The molecule has 2 rings (SSSR count). The first-order valence-corrected chi connectivity index (χ1v) is 8.48. The summed E-state index contributed by atoms with van der Waals surface area (Å²) in [7, 11) is 1.74. The second-order valence-corrected chi connectivity index (χ2v) is 8.56. The topological polar surface area (TPSA) is 26.3 Å². The fourth-order valence-electron chi connectivity index (χ4n) is 3.18. The van der Waals surface area contributed by atoms with Crippen LogP contribution in [0.5, 0.6) is 5.75 Å². The molecule has 0 spiro atoms. The maximum atomic E-state index is 12.4. The minimum Gasteiger partial charge on any atom is -0.496 e. The molecule has 2 nitrogen and oxygen atoms in total. The highest BCUT2D eigenvalue weighted by atomic mass is 16.5. The van der Waals surface area contributed by atoms with E-state index in [4.69, 9.17) is 4.74 Å². The lowest BCUT2D eigenvalue weighted by Gasteiger charge is -2.31. The Morgan fingerprint density at radius 2 is 1.52 bits per heavy atom. The molecule has 0 N–H and O–H groups in total. The van der Waals surface area contributed by atoms with Crippen LogP contribution >= 0.6 is 0 Å². The second-order valence-electron chi connectivity index (χ2n) is 8.56. The van der Waals surface area contributed by atoms with Gasteiger partial charge in [-0.05, 0) is 22.8 Å². The standard InChI is InChI=1S/C21H30O2/c1-20(2,3)16-12-14(15-10-8-9-11-18(15)22)13-17(19(16)23-7)21(4,5)6/h8,10,12-13,15H,9,11H2,1-7H3/t15-/m0/s1. The SMILES string of the molecule is COc1c(C(C)(C)C)cc([C@@H]2C=CCCC2=O)cc1C(C)(C)C. The van der Waals surface area contributed by atoms with Crippen LogP contribution in [0.1, 0.15) is 77.0 Å². The summed E-state index contributed by atoms with van der Waals surface area (Å²) < 4.78 is 5.80. The number of rotatable bonds is 2. The Labute approximate surface area is 140 Å². The highest BCUT2D eigenvalue weighted by molar-refractivity contribution is 5.89. The largest absolute Gasteiger partial charge is 0.496 e. The van der Waals surface area contributed by atoms with Crippen molar-refractivity contribution in [3.05, 3.63) is 41.0 Å². The van der Waals surface area contributed by atoms with E-state index in [1.165, 1.54) is 11.1 Å². The van der Waals surface area contributed by atoms with Gasteiger partial charge in [0.2, 0.25) is 0 Å². The van der Waals surface area contributed by atoms with Gasteiger partial charge in [0, 0.05) is 17.5 Å². The highest BCUT2D eigenvalue weighted by Gasteiger charge is 2.30. The van der Waals surface area contributed by atoms with E-state index in [-0.39, 0.29) is 16.7 Å². The number of Topliss-reactive ketones (excluding diaryl/α,β-unsaturated/α-hetero) is 1. The van der Waals surface area contributed by atoms with Crippen molar-refractivity contribution < 1.29 is 9.53 Å². The molecule has 0 heterocycles. The summed E-state index contributed by atoms with van der Waals surface area (Å²) in [6, 6.07) is 4.35. The maximum Gasteiger partial charge on any atom is 0.144 e. The van der Waals surface area contributed by atoms with Crippen molar-refractivity contribution in [2.24, 2.45) is 0 Å². The van der Waals surface area contributed by atoms with Crippen LogP contribution in [0.2, 0.25) is 0 Å². The number of benzene rings is 1. The van der Waals surface area contributed by atoms with Gasteiger partial charge >= 0.3 is 0 Å². The average molecular weight is 314 g/mol. The van der Waals surface area contributed by atoms with Crippen LogP contribution in [-0.4, -0.2) is 12.9 Å². The van der Waals surface area contributed by atoms with Crippen molar-refractivity contribution >= 4 is 5.78 Å². The summed E-state index contributed by atoms with van der Waals surface area (Å²) in [4.78, 5) is 12.4. The predicted molar refractivity (Wildman–Crippen MR) is 96.5 cm³/mol. The molecule has 23 heavy (non-hydrogen) atoms. The van der Waals surface area contributed by atoms with Crippen molar-refractivity contribution in [1.82, 2.24) is 0 Å². The summed E-state index contributed by atoms with van der Waals surface area (Å²) in [5.41, 5.74) is 3.37. The van der Waals surface area contributed by atoms with Crippen LogP contribution < -0.4 is 4.74 Å². The quantitative estimate of drug-likeness (QED) is 0.693. The van der Waals surface area contributed by atoms with Crippen molar-refractivity contribution in [3.8, 4) is 5.75 Å². The minimum atomic E-state index is -0.114. The van der Waals surface area contributed by atoms with Crippen LogP contribution in [0.4, 0.5) is 0 Å². The number of hydrogen-bond acceptors (Lipinski definition) is 2. The Balaban J connectivity index is 2.72. The van der Waals surface area contributed by atoms with E-state index in [2.05, 4.69) is 65.8 Å². The molecule has 126 valence electrons. The van der Waals surface area contributed by atoms with E-state index in [0.717, 1.165) is 17.7 Å². The van der Waals surface area contributed by atoms with Crippen molar-refractivity contribution in [3.63, 3.8) is 0 Å². The third-order valence-corrected chi connectivity index (χ3v) is 4.52. The Morgan fingerprint density at radius 1 is 1.00 bits per heavy atom. The summed E-state index contributed by atoms with van der Waals surface area (Å²) >= 11 is 0. The van der Waals surface area contributed by atoms with E-state index in [0.29, 0.717) is 12.2 Å². The normalized spacial score (nSPS) is 19.1. The van der Waals surface area contributed by atoms with Gasteiger partial charge in [0.15, 0.2) is 0 Å². The number of carbonyl (C=O) groups excluding carboxylic acids is 1. The summed E-state index contributed by atoms with van der Waals surface area (Å²) in [5.74, 6) is 1.16. The van der Waals surface area contributed by atoms with Gasteiger partial charge in [-0.1, -0.05) is 65.8 Å². The van der Waals surface area contributed by atoms with Gasteiger partial charge in [-0.25, -0.2) is 0 Å². The van der Waals surface area contributed by atoms with Gasteiger partial charge in [-0.15, -0.1) is 0 Å². The molecule has 2 heteroatoms. The zero-order valence-corrected chi connectivity index (χ0v) is 15.6. The molecule has 1 aliphatic rings. The fraction of sp³-hybridized carbons (Fsp3) is 0.571. The Bertz CT molecular complexity index is 589. The summed E-state index contributed by atoms with van der Waals surface area (Å²) in [5, 5.41) is 0. The third kappa shape index (κ3) is 3.68. The maximum absolute atomic E-state index is 12.4. The van der Waals surface area contributed by atoms with Crippen LogP contribution in [0.3, 0.4) is 0 Å². The van der Waals surface area contributed by atoms with E-state index < -0.39 is 0 Å². The first-order chi connectivity index (χ1) is 10.6. The van der Waals surface area contributed by atoms with Gasteiger partial charge < -0.3 is 4.74 Å². The Kier molecular flexibility index (Phi) is 4.75. The van der Waals surface area contributed by atoms with Crippen LogP contribution in [0.25, 0.3) is 0 Å². The molecule has 0 aliphatic heterocycles. The number of ketones is 1. The zero-order chi connectivity index (χ0) is 17.4. The van der Waals surface area contributed by atoms with Gasteiger partial charge in [-0.2, -0.15) is 0 Å². The second kappa shape index (κ2) is 6.14. The van der Waals surface area contributed by atoms with Gasteiger partial charge in [-0.3, -0.25) is 4.79 Å². The molecule has 0 radical (unpaired) electrons. The lowest BCUT2D eigenvalue weighted by molar-refractivity contribution is -0.119. The molecule has 1 aromatic rings. The molecule has 0 saturated heterocycles. The molecule has 0 aromatic heterocycles. The van der Waals surface area contributed by atoms with Crippen molar-refractivity contribution in [2.45, 2.75) is 71.1 Å². The van der Waals surface area contributed by atoms with Gasteiger partial charge in [0.25, 0.3) is 0 Å². The van der Waals surface area contributed by atoms with E-state index >= 15 is 0 Å². The number of carbonyl (C=O) groups is 1. The molecule has 0 fully saturated rings. The molecule has 0 amide bonds. The summed E-state index contributed by atoms with van der Waals surface area (Å²) in [6.07, 6.45) is 5.70. The lowest BCUT2D eigenvalue weighted by Crippen LogP contribution is -2.21. The van der Waals surface area contributed by atoms with E-state index in [9.17, 15) is 4.79 Å². The van der Waals surface area contributed by atoms with Gasteiger partial charge in [0.1, 0.15) is 11.5 Å². The number of allylic oxidation sites excluding steroid dienone is 2. The average Bonchev–Trinajstić information content (AvgIpc) is 2.44. The first kappa shape index (κ1) is 17.8. The Hall–Kier alpha value is -1.57. The third-order valence-electron chi connectivity index (χ3n) is 4.52. The number of methoxy groups -OCH3 is 1. The van der Waals surface area contributed by atoms with E-state index in [1.54, 1.807) is 7.11 Å². The summed E-state index contributed by atoms with van der Waals surface area (Å²) in [6.45, 7) is 13.2. The van der Waals surface area contributed by atoms with Crippen molar-refractivity contribution in [2.75, 3.05) is 7.11 Å². The molecule has 1 atom stereocenters. The molecule has 1 aliphatic carbocycles. The predicted octanol–water partition coefficient (Wildman–Crippen LogP) is 5.29. The number of ether oxygens (including phenoxy) is 1. The Morgan fingerprint density at radius 3 is 1.91 bits per heavy atom. The molecular formula is C21H30O2. The van der Waals surface area contributed by atoms with Crippen LogP contribution in [0.15, 0.2) is 24.3 Å². The minimum absolute atomic E-state index is 0.0389. The monoisotopic (exact) mass is 314 g/mol. The molecule has 0 unspecified atom stereocenters. The molecule has 1 aromatic carbocycles. The lowest BCUT2D eigenvalue weighted by atomic mass is 9.76. The first-order valence-electron chi connectivity index (χ1n) is 8.48. The highest BCUT2D eigenvalue weighted by Crippen LogP contribution is 2.42. The molecule has 0 saturated carbocycles. The molecule has 0 bridgehead atoms. The van der Waals surface area contributed by atoms with Crippen LogP contribution in [-0.2, 0) is 15.6 Å². The van der Waals surface area contributed by atoms with E-state index in [1.807, 2.05) is 0 Å². The molecular weight excluding hydrogens is 284 g/mol. The number of hydrogen-bond donors (Lipinski definition) is 0. The van der Waals surface area contributed by atoms with Crippen LogP contribution in [0, 0.1) is 0 Å².